The van der Waals surface area contributed by atoms with Gasteiger partial charge in [-0.3, -0.25) is 0 Å². The van der Waals surface area contributed by atoms with Crippen LogP contribution in [0.25, 0.3) is 22.3 Å². The predicted octanol–water partition coefficient (Wildman–Crippen LogP) is 8.23. The fraction of sp³-hybridized carbons (Fsp3) is 0. The van der Waals surface area contributed by atoms with Crippen LogP contribution in [-0.2, 0) is 0 Å². The van der Waals surface area contributed by atoms with Gasteiger partial charge in [-0.1, -0.05) is 129 Å². The molecule has 0 amide bonds. The van der Waals surface area contributed by atoms with Crippen LogP contribution in [-0.4, -0.2) is 0 Å². The van der Waals surface area contributed by atoms with Crippen molar-refractivity contribution >= 4 is 31.9 Å². The summed E-state index contributed by atoms with van der Waals surface area (Å²) in [7, 11) is 0. The molecule has 0 unspecified atom stereocenters. The van der Waals surface area contributed by atoms with Gasteiger partial charge in [-0.15, -0.1) is 0 Å². The van der Waals surface area contributed by atoms with Gasteiger partial charge in [0.25, 0.3) is 0 Å². The molecule has 0 saturated carbocycles. The standard InChI is InChI=1S/2C12H9Br/c2*13-12-9-5-4-8-11(12)10-6-2-1-3-7-10/h2*1-9H. The van der Waals surface area contributed by atoms with Crippen molar-refractivity contribution < 1.29 is 0 Å². The van der Waals surface area contributed by atoms with Crippen LogP contribution < -0.4 is 0 Å². The number of halogens is 2. The molecule has 128 valence electrons. The van der Waals surface area contributed by atoms with E-state index < -0.39 is 0 Å². The van der Waals surface area contributed by atoms with Gasteiger partial charge in [0.05, 0.1) is 0 Å². The number of benzene rings is 4. The zero-order valence-corrected chi connectivity index (χ0v) is 17.3. The Bertz CT molecular complexity index is 867. The second-order valence-electron chi connectivity index (χ2n) is 5.69. The van der Waals surface area contributed by atoms with Crippen molar-refractivity contribution in [2.45, 2.75) is 0 Å². The molecule has 0 atom stereocenters. The second kappa shape index (κ2) is 9.51. The highest BCUT2D eigenvalue weighted by Crippen LogP contribution is 2.28. The molecule has 26 heavy (non-hydrogen) atoms. The van der Waals surface area contributed by atoms with E-state index in [0.717, 1.165) is 8.95 Å². The molecule has 0 heterocycles. The van der Waals surface area contributed by atoms with E-state index in [1.807, 2.05) is 36.4 Å². The minimum Gasteiger partial charge on any atom is -0.0622 e. The smallest absolute Gasteiger partial charge is 0.0253 e. The molecule has 4 aromatic rings. The van der Waals surface area contributed by atoms with Crippen molar-refractivity contribution in [3.63, 3.8) is 0 Å². The van der Waals surface area contributed by atoms with E-state index in [1.54, 1.807) is 0 Å². The summed E-state index contributed by atoms with van der Waals surface area (Å²) >= 11 is 7.07. The number of rotatable bonds is 2. The van der Waals surface area contributed by atoms with E-state index in [9.17, 15) is 0 Å². The van der Waals surface area contributed by atoms with Gasteiger partial charge in [0, 0.05) is 8.95 Å². The lowest BCUT2D eigenvalue weighted by atomic mass is 10.1. The van der Waals surface area contributed by atoms with Crippen LogP contribution in [0.3, 0.4) is 0 Å². The van der Waals surface area contributed by atoms with Crippen molar-refractivity contribution in [3.8, 4) is 22.3 Å². The summed E-state index contributed by atoms with van der Waals surface area (Å²) in [5, 5.41) is 0. The highest BCUT2D eigenvalue weighted by Gasteiger charge is 2.00. The first-order valence-electron chi connectivity index (χ1n) is 8.35. The molecule has 0 spiro atoms. The van der Waals surface area contributed by atoms with E-state index in [0.29, 0.717) is 0 Å². The monoisotopic (exact) mass is 464 g/mol. The summed E-state index contributed by atoms with van der Waals surface area (Å²) in [5.74, 6) is 0. The van der Waals surface area contributed by atoms with Crippen molar-refractivity contribution in [1.29, 1.82) is 0 Å². The lowest BCUT2D eigenvalue weighted by molar-refractivity contribution is 1.58. The Hall–Kier alpha value is -2.16. The Kier molecular flexibility index (Phi) is 6.82. The Balaban J connectivity index is 0.000000151. The predicted molar refractivity (Wildman–Crippen MR) is 119 cm³/mol. The molecule has 0 N–H and O–H groups in total. The molecule has 0 aliphatic heterocycles. The number of hydrogen-bond acceptors (Lipinski definition) is 0. The Morgan fingerprint density at radius 1 is 0.346 bits per heavy atom. The Morgan fingerprint density at radius 3 is 1.00 bits per heavy atom. The molecule has 0 aromatic heterocycles. The van der Waals surface area contributed by atoms with Crippen LogP contribution >= 0.6 is 31.9 Å². The average Bonchev–Trinajstić information content (AvgIpc) is 2.71. The van der Waals surface area contributed by atoms with Gasteiger partial charge >= 0.3 is 0 Å². The molecule has 0 saturated heterocycles. The van der Waals surface area contributed by atoms with E-state index in [-0.39, 0.29) is 0 Å². The lowest BCUT2D eigenvalue weighted by Gasteiger charge is -2.02. The molecular formula is C24H18Br2. The van der Waals surface area contributed by atoms with Gasteiger partial charge in [0.15, 0.2) is 0 Å². The fourth-order valence-electron chi connectivity index (χ4n) is 2.63. The minimum absolute atomic E-state index is 1.14. The third kappa shape index (κ3) is 4.94. The average molecular weight is 466 g/mol. The first kappa shape index (κ1) is 18.6. The highest BCUT2D eigenvalue weighted by atomic mass is 79.9. The third-order valence-corrected chi connectivity index (χ3v) is 5.30. The second-order valence-corrected chi connectivity index (χ2v) is 7.40. The highest BCUT2D eigenvalue weighted by molar-refractivity contribution is 9.11. The maximum absolute atomic E-state index is 3.53. The van der Waals surface area contributed by atoms with Crippen molar-refractivity contribution in [2.75, 3.05) is 0 Å². The molecule has 0 fully saturated rings. The summed E-state index contributed by atoms with van der Waals surface area (Å²) in [5.41, 5.74) is 4.97. The maximum atomic E-state index is 3.53. The SMILES string of the molecule is Brc1ccccc1-c1ccccc1.Brc1ccccc1-c1ccccc1. The molecule has 0 radical (unpaired) electrons. The Morgan fingerprint density at radius 2 is 0.654 bits per heavy atom. The first-order valence-corrected chi connectivity index (χ1v) is 9.94. The van der Waals surface area contributed by atoms with E-state index in [4.69, 9.17) is 0 Å². The lowest BCUT2D eigenvalue weighted by Crippen LogP contribution is -1.77. The van der Waals surface area contributed by atoms with E-state index in [1.165, 1.54) is 22.3 Å². The molecular weight excluding hydrogens is 448 g/mol. The largest absolute Gasteiger partial charge is 0.0622 e. The van der Waals surface area contributed by atoms with Crippen LogP contribution in [0.1, 0.15) is 0 Å². The van der Waals surface area contributed by atoms with Gasteiger partial charge in [-0.25, -0.2) is 0 Å². The van der Waals surface area contributed by atoms with E-state index >= 15 is 0 Å². The quantitative estimate of drug-likeness (QED) is 0.279. The summed E-state index contributed by atoms with van der Waals surface area (Å²) in [6.45, 7) is 0. The molecule has 0 aliphatic rings. The Labute approximate surface area is 171 Å². The van der Waals surface area contributed by atoms with Gasteiger partial charge in [-0.2, -0.15) is 0 Å². The summed E-state index contributed by atoms with van der Waals surface area (Å²) in [6, 6.07) is 37.2. The zero-order valence-electron chi connectivity index (χ0n) is 14.1. The fourth-order valence-corrected chi connectivity index (χ4v) is 3.65. The summed E-state index contributed by atoms with van der Waals surface area (Å²) in [4.78, 5) is 0. The van der Waals surface area contributed by atoms with Gasteiger partial charge in [0.2, 0.25) is 0 Å². The third-order valence-electron chi connectivity index (χ3n) is 3.92. The molecule has 0 nitrogen and oxygen atoms in total. The van der Waals surface area contributed by atoms with Crippen LogP contribution in [0.5, 0.6) is 0 Å². The maximum Gasteiger partial charge on any atom is 0.0253 e. The zero-order chi connectivity index (χ0) is 18.2. The number of hydrogen-bond donors (Lipinski definition) is 0. The molecule has 4 rings (SSSR count). The van der Waals surface area contributed by atoms with Crippen molar-refractivity contribution in [3.05, 3.63) is 118 Å². The van der Waals surface area contributed by atoms with Crippen molar-refractivity contribution in [2.24, 2.45) is 0 Å². The van der Waals surface area contributed by atoms with Gasteiger partial charge in [0.1, 0.15) is 0 Å². The molecule has 4 aromatic carbocycles. The van der Waals surface area contributed by atoms with Crippen LogP contribution in [0.2, 0.25) is 0 Å². The van der Waals surface area contributed by atoms with Crippen molar-refractivity contribution in [1.82, 2.24) is 0 Å². The molecule has 2 heteroatoms. The normalized spacial score (nSPS) is 9.92. The van der Waals surface area contributed by atoms with Gasteiger partial charge < -0.3 is 0 Å². The van der Waals surface area contributed by atoms with Gasteiger partial charge in [-0.05, 0) is 34.4 Å². The topological polar surface area (TPSA) is 0 Å². The first-order chi connectivity index (χ1) is 12.8. The summed E-state index contributed by atoms with van der Waals surface area (Å²) < 4.78 is 2.28. The summed E-state index contributed by atoms with van der Waals surface area (Å²) in [6.07, 6.45) is 0. The van der Waals surface area contributed by atoms with Crippen LogP contribution in [0, 0.1) is 0 Å². The van der Waals surface area contributed by atoms with Crippen LogP contribution in [0.15, 0.2) is 118 Å². The van der Waals surface area contributed by atoms with E-state index in [2.05, 4.69) is 105 Å². The molecule has 0 bridgehead atoms. The molecule has 0 aliphatic carbocycles. The van der Waals surface area contributed by atoms with Crippen LogP contribution in [0.4, 0.5) is 0 Å². The minimum atomic E-state index is 1.14.